The summed E-state index contributed by atoms with van der Waals surface area (Å²) >= 11 is 2.90. The van der Waals surface area contributed by atoms with Crippen LogP contribution in [0.1, 0.15) is 19.4 Å². The second kappa shape index (κ2) is 4.30. The van der Waals surface area contributed by atoms with E-state index in [0.717, 1.165) is 19.8 Å². The molecule has 0 aliphatic rings. The molecule has 0 spiro atoms. The molecule has 2 aromatic heterocycles. The largest absolute Gasteiger partial charge is 0.287 e. The van der Waals surface area contributed by atoms with Gasteiger partial charge in [0.05, 0.1) is 9.75 Å². The first-order valence-electron chi connectivity index (χ1n) is 5.44. The van der Waals surface area contributed by atoms with Crippen LogP contribution in [0.2, 0.25) is 0 Å². The van der Waals surface area contributed by atoms with E-state index in [2.05, 4.69) is 0 Å². The molecule has 0 aliphatic carbocycles. The second-order valence-electron chi connectivity index (χ2n) is 4.03. The molecule has 0 saturated heterocycles. The summed E-state index contributed by atoms with van der Waals surface area (Å²) in [5.41, 5.74) is 0. The van der Waals surface area contributed by atoms with E-state index in [1.807, 2.05) is 19.1 Å². The van der Waals surface area contributed by atoms with Crippen LogP contribution in [0.3, 0.4) is 0 Å². The van der Waals surface area contributed by atoms with E-state index in [9.17, 15) is 9.18 Å². The number of fused-ring (bicyclic) bond motifs is 1. The zero-order valence-electron chi connectivity index (χ0n) is 9.57. The average Bonchev–Trinajstić information content (AvgIpc) is 2.93. The number of ketones is 1. The molecule has 90 valence electrons. The van der Waals surface area contributed by atoms with Crippen molar-refractivity contribution in [2.45, 2.75) is 6.92 Å². The Morgan fingerprint density at radius 3 is 2.61 bits per heavy atom. The molecule has 0 fully saturated rings. The predicted molar refractivity (Wildman–Crippen MR) is 74.3 cm³/mol. The Bertz CT molecular complexity index is 739. The second-order valence-corrected chi connectivity index (χ2v) is 6.40. The van der Waals surface area contributed by atoms with Gasteiger partial charge in [0.1, 0.15) is 5.82 Å². The highest BCUT2D eigenvalue weighted by molar-refractivity contribution is 7.22. The Morgan fingerprint density at radius 2 is 1.89 bits per heavy atom. The van der Waals surface area contributed by atoms with Gasteiger partial charge in [0.15, 0.2) is 0 Å². The van der Waals surface area contributed by atoms with E-state index in [-0.39, 0.29) is 11.6 Å². The van der Waals surface area contributed by atoms with Crippen LogP contribution in [0, 0.1) is 12.7 Å². The van der Waals surface area contributed by atoms with Gasteiger partial charge in [0.25, 0.3) is 0 Å². The minimum atomic E-state index is -0.272. The minimum Gasteiger partial charge on any atom is -0.287 e. The molecule has 3 rings (SSSR count). The van der Waals surface area contributed by atoms with Crippen LogP contribution in [0.15, 0.2) is 36.4 Å². The molecular formula is C14H9FOS2. The number of thiophene rings is 2. The summed E-state index contributed by atoms with van der Waals surface area (Å²) in [7, 11) is 0. The van der Waals surface area contributed by atoms with Crippen LogP contribution in [-0.4, -0.2) is 5.78 Å². The van der Waals surface area contributed by atoms with Crippen molar-refractivity contribution in [1.82, 2.24) is 0 Å². The topological polar surface area (TPSA) is 17.1 Å². The summed E-state index contributed by atoms with van der Waals surface area (Å²) in [6, 6.07) is 10.1. The normalized spacial score (nSPS) is 11.0. The highest BCUT2D eigenvalue weighted by Gasteiger charge is 2.14. The highest BCUT2D eigenvalue weighted by Crippen LogP contribution is 2.29. The third-order valence-corrected chi connectivity index (χ3v) is 4.78. The van der Waals surface area contributed by atoms with Crippen molar-refractivity contribution in [3.63, 3.8) is 0 Å². The number of carbonyl (C=O) groups is 1. The number of carbonyl (C=O) groups excluding carboxylic acids is 1. The van der Waals surface area contributed by atoms with E-state index < -0.39 is 0 Å². The zero-order valence-corrected chi connectivity index (χ0v) is 11.2. The van der Waals surface area contributed by atoms with Gasteiger partial charge in [-0.25, -0.2) is 4.39 Å². The van der Waals surface area contributed by atoms with Crippen molar-refractivity contribution in [3.05, 3.63) is 56.8 Å². The zero-order chi connectivity index (χ0) is 12.7. The summed E-state index contributed by atoms with van der Waals surface area (Å²) < 4.78 is 14.0. The van der Waals surface area contributed by atoms with E-state index in [0.29, 0.717) is 4.88 Å². The fourth-order valence-electron chi connectivity index (χ4n) is 1.80. The Labute approximate surface area is 112 Å². The molecule has 1 aromatic carbocycles. The first kappa shape index (κ1) is 11.6. The lowest BCUT2D eigenvalue weighted by molar-refractivity contribution is 0.104. The van der Waals surface area contributed by atoms with Gasteiger partial charge in [-0.1, -0.05) is 0 Å². The van der Waals surface area contributed by atoms with Gasteiger partial charge < -0.3 is 0 Å². The van der Waals surface area contributed by atoms with Crippen molar-refractivity contribution in [2.24, 2.45) is 0 Å². The minimum absolute atomic E-state index is 0.0229. The molecular weight excluding hydrogens is 267 g/mol. The first-order valence-corrected chi connectivity index (χ1v) is 7.07. The monoisotopic (exact) mass is 276 g/mol. The fraction of sp³-hybridized carbons (Fsp3) is 0.0714. The van der Waals surface area contributed by atoms with Crippen LogP contribution >= 0.6 is 22.7 Å². The molecule has 0 N–H and O–H groups in total. The van der Waals surface area contributed by atoms with Crippen molar-refractivity contribution < 1.29 is 9.18 Å². The Balaban J connectivity index is 2.06. The molecule has 0 atom stereocenters. The van der Waals surface area contributed by atoms with Gasteiger partial charge in [-0.15, -0.1) is 22.7 Å². The summed E-state index contributed by atoms with van der Waals surface area (Å²) in [6.45, 7) is 1.97. The van der Waals surface area contributed by atoms with Gasteiger partial charge in [-0.3, -0.25) is 4.79 Å². The smallest absolute Gasteiger partial charge is 0.212 e. The number of rotatable bonds is 2. The van der Waals surface area contributed by atoms with Crippen LogP contribution in [0.4, 0.5) is 4.39 Å². The van der Waals surface area contributed by atoms with Gasteiger partial charge in [0, 0.05) is 9.58 Å². The number of halogens is 1. The van der Waals surface area contributed by atoms with E-state index >= 15 is 0 Å². The molecule has 2 heterocycles. The quantitative estimate of drug-likeness (QED) is 0.623. The summed E-state index contributed by atoms with van der Waals surface area (Å²) in [6.07, 6.45) is 0. The molecule has 0 amide bonds. The Morgan fingerprint density at radius 1 is 1.06 bits per heavy atom. The van der Waals surface area contributed by atoms with Crippen molar-refractivity contribution >= 4 is 38.5 Å². The van der Waals surface area contributed by atoms with Crippen LogP contribution in [0.5, 0.6) is 0 Å². The molecule has 0 aliphatic heterocycles. The van der Waals surface area contributed by atoms with E-state index in [4.69, 9.17) is 0 Å². The lowest BCUT2D eigenvalue weighted by Crippen LogP contribution is -1.93. The SMILES string of the molecule is Cc1ccc(C(=O)c2cc3cc(F)ccc3s2)s1. The molecule has 1 nitrogen and oxygen atoms in total. The maximum Gasteiger partial charge on any atom is 0.212 e. The van der Waals surface area contributed by atoms with Gasteiger partial charge in [0.2, 0.25) is 5.78 Å². The maximum atomic E-state index is 13.1. The van der Waals surface area contributed by atoms with Crippen LogP contribution < -0.4 is 0 Å². The lowest BCUT2D eigenvalue weighted by atomic mass is 10.2. The van der Waals surface area contributed by atoms with E-state index in [1.54, 1.807) is 12.1 Å². The summed E-state index contributed by atoms with van der Waals surface area (Å²) in [5.74, 6) is -0.249. The number of aryl methyl sites for hydroxylation is 1. The van der Waals surface area contributed by atoms with Gasteiger partial charge in [-0.05, 0) is 48.7 Å². The fourth-order valence-corrected chi connectivity index (χ4v) is 3.69. The first-order chi connectivity index (χ1) is 8.63. The molecule has 0 radical (unpaired) electrons. The van der Waals surface area contributed by atoms with E-state index in [1.165, 1.54) is 34.8 Å². The molecule has 4 heteroatoms. The number of benzene rings is 1. The number of hydrogen-bond acceptors (Lipinski definition) is 3. The third-order valence-electron chi connectivity index (χ3n) is 2.67. The van der Waals surface area contributed by atoms with Crippen molar-refractivity contribution in [2.75, 3.05) is 0 Å². The predicted octanol–water partition coefficient (Wildman–Crippen LogP) is 4.64. The maximum absolute atomic E-state index is 13.1. The molecule has 0 saturated carbocycles. The lowest BCUT2D eigenvalue weighted by Gasteiger charge is -1.90. The third kappa shape index (κ3) is 1.98. The average molecular weight is 276 g/mol. The van der Waals surface area contributed by atoms with Crippen molar-refractivity contribution in [3.8, 4) is 0 Å². The molecule has 18 heavy (non-hydrogen) atoms. The number of hydrogen-bond donors (Lipinski definition) is 0. The van der Waals surface area contributed by atoms with Crippen LogP contribution in [-0.2, 0) is 0 Å². The summed E-state index contributed by atoms with van der Waals surface area (Å²) in [5, 5.41) is 0.789. The van der Waals surface area contributed by atoms with Crippen molar-refractivity contribution in [1.29, 1.82) is 0 Å². The van der Waals surface area contributed by atoms with Crippen LogP contribution in [0.25, 0.3) is 10.1 Å². The summed E-state index contributed by atoms with van der Waals surface area (Å²) in [4.78, 5) is 14.8. The van der Waals surface area contributed by atoms with Gasteiger partial charge >= 0.3 is 0 Å². The Hall–Kier alpha value is -1.52. The highest BCUT2D eigenvalue weighted by atomic mass is 32.1. The Kier molecular flexibility index (Phi) is 2.76. The molecule has 0 unspecified atom stereocenters. The molecule has 0 bridgehead atoms. The standard InChI is InChI=1S/C14H9FOS2/c1-8-2-4-12(17-8)14(16)13-7-9-6-10(15)3-5-11(9)18-13/h2-7H,1H3. The van der Waals surface area contributed by atoms with Gasteiger partial charge in [-0.2, -0.15) is 0 Å². The molecule has 3 aromatic rings.